The molecular formula is C13H14N4S. The van der Waals surface area contributed by atoms with Gasteiger partial charge in [-0.15, -0.1) is 11.3 Å². The van der Waals surface area contributed by atoms with Crippen molar-refractivity contribution in [2.24, 2.45) is 0 Å². The molecule has 3 aromatic rings. The Balaban J connectivity index is 2.18. The largest absolute Gasteiger partial charge is 0.222 e. The molecule has 0 aromatic carbocycles. The summed E-state index contributed by atoms with van der Waals surface area (Å²) >= 11 is 1.86. The van der Waals surface area contributed by atoms with Gasteiger partial charge < -0.3 is 0 Å². The van der Waals surface area contributed by atoms with Crippen LogP contribution in [-0.2, 0) is 19.3 Å². The van der Waals surface area contributed by atoms with Gasteiger partial charge in [-0.3, -0.25) is 0 Å². The maximum absolute atomic E-state index is 4.78. The zero-order chi connectivity index (χ0) is 12.1. The molecule has 0 radical (unpaired) electrons. The van der Waals surface area contributed by atoms with Crippen molar-refractivity contribution in [2.45, 2.75) is 39.0 Å². The molecule has 0 unspecified atom stereocenters. The summed E-state index contributed by atoms with van der Waals surface area (Å²) in [5.74, 6) is 1.01. The third kappa shape index (κ3) is 1.28. The van der Waals surface area contributed by atoms with Crippen LogP contribution in [0.15, 0.2) is 6.33 Å². The Bertz CT molecular complexity index is 740. The van der Waals surface area contributed by atoms with Gasteiger partial charge in [0.05, 0.1) is 5.39 Å². The Morgan fingerprint density at radius 2 is 2.22 bits per heavy atom. The van der Waals surface area contributed by atoms with Gasteiger partial charge in [-0.05, 0) is 31.2 Å². The molecule has 1 aliphatic rings. The van der Waals surface area contributed by atoms with Crippen LogP contribution < -0.4 is 0 Å². The molecule has 5 heteroatoms. The molecule has 0 saturated carbocycles. The van der Waals surface area contributed by atoms with Crippen molar-refractivity contribution in [1.29, 1.82) is 0 Å². The van der Waals surface area contributed by atoms with E-state index in [1.54, 1.807) is 6.33 Å². The molecule has 18 heavy (non-hydrogen) atoms. The molecule has 0 amide bonds. The van der Waals surface area contributed by atoms with Gasteiger partial charge in [-0.1, -0.05) is 6.92 Å². The fourth-order valence-corrected chi connectivity index (χ4v) is 4.13. The van der Waals surface area contributed by atoms with E-state index < -0.39 is 0 Å². The Hall–Kier alpha value is -1.49. The maximum Gasteiger partial charge on any atom is 0.167 e. The van der Waals surface area contributed by atoms with Crippen molar-refractivity contribution in [3.63, 3.8) is 0 Å². The zero-order valence-electron chi connectivity index (χ0n) is 10.3. The highest BCUT2D eigenvalue weighted by Gasteiger charge is 2.21. The fraction of sp³-hybridized carbons (Fsp3) is 0.462. The van der Waals surface area contributed by atoms with Crippen LogP contribution in [0.4, 0.5) is 0 Å². The van der Waals surface area contributed by atoms with Gasteiger partial charge >= 0.3 is 0 Å². The summed E-state index contributed by atoms with van der Waals surface area (Å²) in [6.45, 7) is 2.11. The smallest absolute Gasteiger partial charge is 0.167 e. The quantitative estimate of drug-likeness (QED) is 0.674. The molecule has 0 saturated heterocycles. The lowest BCUT2D eigenvalue weighted by Gasteiger charge is -2.10. The molecule has 4 nitrogen and oxygen atoms in total. The van der Waals surface area contributed by atoms with E-state index >= 15 is 0 Å². The van der Waals surface area contributed by atoms with Gasteiger partial charge in [-0.2, -0.15) is 9.61 Å². The highest BCUT2D eigenvalue weighted by molar-refractivity contribution is 7.19. The van der Waals surface area contributed by atoms with Crippen molar-refractivity contribution in [3.05, 3.63) is 22.6 Å². The highest BCUT2D eigenvalue weighted by Crippen LogP contribution is 2.37. The summed E-state index contributed by atoms with van der Waals surface area (Å²) in [4.78, 5) is 11.9. The molecule has 4 rings (SSSR count). The monoisotopic (exact) mass is 258 g/mol. The van der Waals surface area contributed by atoms with E-state index in [1.807, 2.05) is 15.9 Å². The summed E-state index contributed by atoms with van der Waals surface area (Å²) in [5.41, 5.74) is 2.48. The number of aromatic nitrogens is 4. The first-order valence-corrected chi connectivity index (χ1v) is 7.33. The molecule has 1 aliphatic carbocycles. The average molecular weight is 258 g/mol. The normalized spacial score (nSPS) is 15.4. The number of rotatable bonds is 1. The first kappa shape index (κ1) is 10.4. The molecule has 0 N–H and O–H groups in total. The molecule has 0 spiro atoms. The third-order valence-corrected chi connectivity index (χ3v) is 4.90. The SMILES string of the molecule is CCc1nc2sc3c(c2c2ncnn12)CCCC3. The van der Waals surface area contributed by atoms with Crippen molar-refractivity contribution in [1.82, 2.24) is 19.6 Å². The van der Waals surface area contributed by atoms with E-state index in [1.165, 1.54) is 41.5 Å². The van der Waals surface area contributed by atoms with E-state index in [-0.39, 0.29) is 0 Å². The van der Waals surface area contributed by atoms with Gasteiger partial charge in [0.25, 0.3) is 0 Å². The van der Waals surface area contributed by atoms with Gasteiger partial charge in [0.1, 0.15) is 17.0 Å². The van der Waals surface area contributed by atoms with Crippen LogP contribution in [0.25, 0.3) is 15.9 Å². The first-order valence-electron chi connectivity index (χ1n) is 6.51. The minimum atomic E-state index is 0.887. The van der Waals surface area contributed by atoms with E-state index in [2.05, 4.69) is 17.0 Å². The number of thiophene rings is 1. The average Bonchev–Trinajstić information content (AvgIpc) is 3.00. The number of hydrogen-bond donors (Lipinski definition) is 0. The predicted octanol–water partition coefficient (Wildman–Crippen LogP) is 2.78. The second kappa shape index (κ2) is 3.75. The van der Waals surface area contributed by atoms with Gasteiger partial charge in [0.2, 0.25) is 0 Å². The Morgan fingerprint density at radius 1 is 1.33 bits per heavy atom. The van der Waals surface area contributed by atoms with Crippen LogP contribution in [0.2, 0.25) is 0 Å². The van der Waals surface area contributed by atoms with Crippen molar-refractivity contribution >= 4 is 27.2 Å². The minimum Gasteiger partial charge on any atom is -0.222 e. The number of hydrogen-bond acceptors (Lipinski definition) is 4. The van der Waals surface area contributed by atoms with Gasteiger partial charge in [-0.25, -0.2) is 9.97 Å². The van der Waals surface area contributed by atoms with Crippen molar-refractivity contribution < 1.29 is 0 Å². The molecule has 0 fully saturated rings. The highest BCUT2D eigenvalue weighted by atomic mass is 32.1. The van der Waals surface area contributed by atoms with Crippen LogP contribution in [0.5, 0.6) is 0 Å². The Labute approximate surface area is 109 Å². The summed E-state index contributed by atoms with van der Waals surface area (Å²) in [5, 5.41) is 5.57. The zero-order valence-corrected chi connectivity index (χ0v) is 11.1. The van der Waals surface area contributed by atoms with E-state index in [4.69, 9.17) is 4.98 Å². The standard InChI is InChI=1S/C13H14N4S/c1-2-10-16-13-11(12-14-7-15-17(10)12)8-5-3-4-6-9(8)18-13/h7H,2-6H2,1H3. The summed E-state index contributed by atoms with van der Waals surface area (Å²) in [6.07, 6.45) is 7.50. The molecule has 0 bridgehead atoms. The second-order valence-electron chi connectivity index (χ2n) is 4.77. The molecule has 0 atom stereocenters. The molecule has 3 heterocycles. The van der Waals surface area contributed by atoms with Crippen LogP contribution in [0.1, 0.15) is 36.0 Å². The lowest BCUT2D eigenvalue weighted by Crippen LogP contribution is -2.03. The lowest BCUT2D eigenvalue weighted by molar-refractivity contribution is 0.700. The Kier molecular flexibility index (Phi) is 2.17. The van der Waals surface area contributed by atoms with Gasteiger partial charge in [0.15, 0.2) is 5.65 Å². The fourth-order valence-electron chi connectivity index (χ4n) is 2.86. The summed E-state index contributed by atoms with van der Waals surface area (Å²) in [6, 6.07) is 0. The van der Waals surface area contributed by atoms with E-state index in [0.29, 0.717) is 0 Å². The first-order chi connectivity index (χ1) is 8.88. The van der Waals surface area contributed by atoms with Crippen molar-refractivity contribution in [2.75, 3.05) is 0 Å². The van der Waals surface area contributed by atoms with Crippen molar-refractivity contribution in [3.8, 4) is 0 Å². The van der Waals surface area contributed by atoms with E-state index in [9.17, 15) is 0 Å². The molecule has 3 aromatic heterocycles. The minimum absolute atomic E-state index is 0.887. The summed E-state index contributed by atoms with van der Waals surface area (Å²) in [7, 11) is 0. The topological polar surface area (TPSA) is 43.1 Å². The third-order valence-electron chi connectivity index (χ3n) is 3.72. The predicted molar refractivity (Wildman–Crippen MR) is 72.2 cm³/mol. The van der Waals surface area contributed by atoms with Crippen LogP contribution >= 0.6 is 11.3 Å². The second-order valence-corrected chi connectivity index (χ2v) is 5.85. The molecule has 0 aliphatic heterocycles. The van der Waals surface area contributed by atoms with Crippen LogP contribution in [-0.4, -0.2) is 19.6 Å². The maximum atomic E-state index is 4.78. The number of nitrogens with zero attached hydrogens (tertiary/aromatic N) is 4. The Morgan fingerprint density at radius 3 is 3.11 bits per heavy atom. The van der Waals surface area contributed by atoms with E-state index in [0.717, 1.165) is 22.7 Å². The van der Waals surface area contributed by atoms with Crippen LogP contribution in [0, 0.1) is 0 Å². The molecule has 92 valence electrons. The van der Waals surface area contributed by atoms with Gasteiger partial charge in [0, 0.05) is 11.3 Å². The number of aryl methyl sites for hydroxylation is 3. The molecular weight excluding hydrogens is 244 g/mol. The number of fused-ring (bicyclic) bond motifs is 5. The summed E-state index contributed by atoms with van der Waals surface area (Å²) < 4.78 is 1.91. The van der Waals surface area contributed by atoms with Crippen LogP contribution in [0.3, 0.4) is 0 Å². The lowest BCUT2D eigenvalue weighted by atomic mass is 9.97.